The number of nitro groups is 1. The number of aromatic nitrogens is 3. The number of hydrogen-bond acceptors (Lipinski definition) is 9. The van der Waals surface area contributed by atoms with Crippen LogP contribution >= 0.6 is 23.2 Å². The zero-order valence-corrected chi connectivity index (χ0v) is 24.0. The lowest BCUT2D eigenvalue weighted by Gasteiger charge is -2.36. The number of ether oxygens (including phenoxy) is 3. The molecule has 2 atom stereocenters. The quantitative estimate of drug-likeness (QED) is 0.187. The molecule has 4 heterocycles. The number of pyridine rings is 1. The number of anilines is 2. The number of imidazole rings is 1. The zero-order chi connectivity index (χ0) is 29.1. The number of nitrogens with zero attached hydrogens (tertiary/aromatic N) is 6. The van der Waals surface area contributed by atoms with Gasteiger partial charge < -0.3 is 28.6 Å². The van der Waals surface area contributed by atoms with Crippen molar-refractivity contribution < 1.29 is 19.1 Å². The van der Waals surface area contributed by atoms with Crippen molar-refractivity contribution in [3.05, 3.63) is 105 Å². The Kier molecular flexibility index (Phi) is 8.16. The van der Waals surface area contributed by atoms with E-state index in [0.29, 0.717) is 66.5 Å². The van der Waals surface area contributed by atoms with Crippen LogP contribution in [-0.4, -0.2) is 65.0 Å². The highest BCUT2D eigenvalue weighted by atomic mass is 35.5. The Morgan fingerprint density at radius 2 is 1.83 bits per heavy atom. The van der Waals surface area contributed by atoms with Crippen LogP contribution in [0.25, 0.3) is 0 Å². The van der Waals surface area contributed by atoms with Gasteiger partial charge in [0.1, 0.15) is 18.5 Å². The number of benzene rings is 2. The third-order valence-electron chi connectivity index (χ3n) is 7.33. The van der Waals surface area contributed by atoms with E-state index in [1.54, 1.807) is 36.9 Å². The first kappa shape index (κ1) is 28.2. The highest BCUT2D eigenvalue weighted by Gasteiger charge is 2.45. The Morgan fingerprint density at radius 1 is 1.05 bits per heavy atom. The molecule has 2 unspecified atom stereocenters. The van der Waals surface area contributed by atoms with Crippen molar-refractivity contribution in [3.63, 3.8) is 0 Å². The summed E-state index contributed by atoms with van der Waals surface area (Å²) in [5, 5.41) is 12.4. The average molecular weight is 611 g/mol. The summed E-state index contributed by atoms with van der Waals surface area (Å²) in [7, 11) is 0. The van der Waals surface area contributed by atoms with Crippen LogP contribution in [-0.2, 0) is 21.8 Å². The van der Waals surface area contributed by atoms with Gasteiger partial charge >= 0.3 is 5.69 Å². The largest absolute Gasteiger partial charge is 0.491 e. The number of rotatable bonds is 9. The maximum Gasteiger partial charge on any atom is 0.311 e. The molecule has 0 N–H and O–H groups in total. The molecule has 11 nitrogen and oxygen atoms in total. The molecule has 2 fully saturated rings. The summed E-state index contributed by atoms with van der Waals surface area (Å²) in [6.07, 6.45) is 6.49. The van der Waals surface area contributed by atoms with Gasteiger partial charge in [-0.15, -0.1) is 0 Å². The summed E-state index contributed by atoms with van der Waals surface area (Å²) in [5.74, 6) is 0.0103. The maximum atomic E-state index is 11.4. The van der Waals surface area contributed by atoms with E-state index >= 15 is 0 Å². The molecule has 218 valence electrons. The minimum Gasteiger partial charge on any atom is -0.491 e. The van der Waals surface area contributed by atoms with Gasteiger partial charge in [0.05, 0.1) is 29.4 Å². The molecule has 2 aliphatic rings. The summed E-state index contributed by atoms with van der Waals surface area (Å²) in [5.41, 5.74) is 1.76. The monoisotopic (exact) mass is 610 g/mol. The molecule has 0 radical (unpaired) electrons. The van der Waals surface area contributed by atoms with Crippen LogP contribution in [0.4, 0.5) is 17.2 Å². The highest BCUT2D eigenvalue weighted by molar-refractivity contribution is 6.35. The zero-order valence-electron chi connectivity index (χ0n) is 22.5. The van der Waals surface area contributed by atoms with Gasteiger partial charge in [0.15, 0.2) is 0 Å². The van der Waals surface area contributed by atoms with Gasteiger partial charge in [-0.3, -0.25) is 10.1 Å². The van der Waals surface area contributed by atoms with Gasteiger partial charge in [-0.25, -0.2) is 9.97 Å². The summed E-state index contributed by atoms with van der Waals surface area (Å²) in [4.78, 5) is 23.6. The molecule has 42 heavy (non-hydrogen) atoms. The molecule has 0 bridgehead atoms. The Morgan fingerprint density at radius 3 is 2.55 bits per heavy atom. The Labute approximate surface area is 252 Å². The molecular formula is C29H28Cl2N6O5. The normalized spacial score (nSPS) is 20.6. The van der Waals surface area contributed by atoms with Crippen LogP contribution in [0.5, 0.6) is 5.75 Å². The molecular weight excluding hydrogens is 583 g/mol. The van der Waals surface area contributed by atoms with Crippen LogP contribution in [0.3, 0.4) is 0 Å². The first-order valence-corrected chi connectivity index (χ1v) is 14.2. The van der Waals surface area contributed by atoms with E-state index in [1.807, 2.05) is 46.0 Å². The van der Waals surface area contributed by atoms with Crippen LogP contribution in [0.1, 0.15) is 5.56 Å². The number of hydrogen-bond donors (Lipinski definition) is 0. The Hall–Kier alpha value is -3.90. The van der Waals surface area contributed by atoms with E-state index in [-0.39, 0.29) is 23.3 Å². The maximum absolute atomic E-state index is 11.4. The molecule has 2 aromatic heterocycles. The van der Waals surface area contributed by atoms with Crippen LogP contribution < -0.4 is 14.5 Å². The second-order valence-electron chi connectivity index (χ2n) is 10.0. The Bertz CT molecular complexity index is 1530. The standard InChI is InChI=1S/C29H28Cl2N6O5/c30-21-3-8-25(26(31)16-21)29(19-34-11-10-32-20-34)41-18-24(42-29)17-40-23-6-4-22(5-7-23)35-12-14-36(15-13-35)28-27(37(38)39)2-1-9-33-28/h1-11,16,20,24H,12-15,17-19H2. The van der Waals surface area contributed by atoms with Gasteiger partial charge in [-0.2, -0.15) is 0 Å². The second kappa shape index (κ2) is 12.1. The molecule has 13 heteroatoms. The smallest absolute Gasteiger partial charge is 0.311 e. The molecule has 2 aliphatic heterocycles. The van der Waals surface area contributed by atoms with Crippen molar-refractivity contribution in [1.29, 1.82) is 0 Å². The minimum absolute atomic E-state index is 0.0272. The van der Waals surface area contributed by atoms with Crippen LogP contribution in [0, 0.1) is 10.1 Å². The third-order valence-corrected chi connectivity index (χ3v) is 7.88. The molecule has 6 rings (SSSR count). The van der Waals surface area contributed by atoms with Gasteiger partial charge in [0.2, 0.25) is 11.6 Å². The first-order chi connectivity index (χ1) is 20.4. The van der Waals surface area contributed by atoms with E-state index in [0.717, 1.165) is 5.69 Å². The topological polar surface area (TPSA) is 108 Å². The van der Waals surface area contributed by atoms with E-state index in [1.165, 1.54) is 6.07 Å². The predicted molar refractivity (Wildman–Crippen MR) is 158 cm³/mol. The van der Waals surface area contributed by atoms with Crippen molar-refractivity contribution in [2.45, 2.75) is 18.4 Å². The molecule has 0 aliphatic carbocycles. The fourth-order valence-electron chi connectivity index (χ4n) is 5.27. The van der Waals surface area contributed by atoms with Crippen molar-refractivity contribution in [1.82, 2.24) is 14.5 Å². The predicted octanol–water partition coefficient (Wildman–Crippen LogP) is 5.17. The van der Waals surface area contributed by atoms with E-state index in [4.69, 9.17) is 37.4 Å². The summed E-state index contributed by atoms with van der Waals surface area (Å²) in [6.45, 7) is 3.67. The first-order valence-electron chi connectivity index (χ1n) is 13.5. The second-order valence-corrected chi connectivity index (χ2v) is 10.9. The molecule has 4 aromatic rings. The highest BCUT2D eigenvalue weighted by Crippen LogP contribution is 2.40. The van der Waals surface area contributed by atoms with Crippen LogP contribution in [0.2, 0.25) is 10.0 Å². The fraction of sp³-hybridized carbons (Fsp3) is 0.310. The van der Waals surface area contributed by atoms with Gasteiger partial charge in [-0.05, 0) is 42.5 Å². The van der Waals surface area contributed by atoms with E-state index in [9.17, 15) is 10.1 Å². The SMILES string of the molecule is O=[N+]([O-])c1cccnc1N1CCN(c2ccc(OCC3COC(Cn4ccnc4)(c4ccc(Cl)cc4Cl)O3)cc2)CC1. The third kappa shape index (κ3) is 6.00. The Balaban J connectivity index is 1.06. The van der Waals surface area contributed by atoms with Crippen molar-refractivity contribution in [3.8, 4) is 5.75 Å². The molecule has 0 amide bonds. The lowest BCUT2D eigenvalue weighted by Crippen LogP contribution is -2.47. The molecule has 0 spiro atoms. The summed E-state index contributed by atoms with van der Waals surface area (Å²) < 4.78 is 20.7. The van der Waals surface area contributed by atoms with Gasteiger partial charge in [-0.1, -0.05) is 29.3 Å². The average Bonchev–Trinajstić information content (AvgIpc) is 3.67. The molecule has 0 saturated carbocycles. The lowest BCUT2D eigenvalue weighted by atomic mass is 10.1. The van der Waals surface area contributed by atoms with Gasteiger partial charge in [0.25, 0.3) is 0 Å². The minimum atomic E-state index is -1.11. The van der Waals surface area contributed by atoms with Gasteiger partial charge in [0, 0.05) is 67.1 Å². The fourth-order valence-corrected chi connectivity index (χ4v) is 5.82. The number of piperazine rings is 1. The lowest BCUT2D eigenvalue weighted by molar-refractivity contribution is -0.384. The summed E-state index contributed by atoms with van der Waals surface area (Å²) in [6, 6.07) is 16.2. The van der Waals surface area contributed by atoms with Crippen molar-refractivity contribution >= 4 is 40.4 Å². The van der Waals surface area contributed by atoms with Crippen molar-refractivity contribution in [2.75, 3.05) is 49.2 Å². The molecule has 2 aromatic carbocycles. The molecule has 2 saturated heterocycles. The summed E-state index contributed by atoms with van der Waals surface area (Å²) >= 11 is 12.7. The van der Waals surface area contributed by atoms with E-state index < -0.39 is 5.79 Å². The van der Waals surface area contributed by atoms with Crippen LogP contribution in [0.15, 0.2) is 79.5 Å². The van der Waals surface area contributed by atoms with Crippen molar-refractivity contribution in [2.24, 2.45) is 0 Å². The number of halogens is 2. The van der Waals surface area contributed by atoms with E-state index in [2.05, 4.69) is 14.9 Å².